The van der Waals surface area contributed by atoms with Crippen LogP contribution >= 0.6 is 31.9 Å². The van der Waals surface area contributed by atoms with Gasteiger partial charge in [-0.25, -0.2) is 0 Å². The van der Waals surface area contributed by atoms with Crippen molar-refractivity contribution in [2.45, 2.75) is 6.10 Å². The molecule has 0 aliphatic rings. The summed E-state index contributed by atoms with van der Waals surface area (Å²) in [6.07, 6.45) is 3.98. The maximum absolute atomic E-state index is 10.0. The number of hydrogen-bond acceptors (Lipinski definition) is 3. The van der Waals surface area contributed by atoms with Crippen LogP contribution in [0, 0.1) is 0 Å². The molecule has 1 unspecified atom stereocenters. The quantitative estimate of drug-likeness (QED) is 0.918. The molecule has 1 N–H and O–H groups in total. The van der Waals surface area contributed by atoms with Gasteiger partial charge in [-0.2, -0.15) is 0 Å². The number of furan rings is 1. The average molecular weight is 333 g/mol. The molecule has 0 amide bonds. The Labute approximate surface area is 103 Å². The van der Waals surface area contributed by atoms with E-state index >= 15 is 0 Å². The maximum Gasteiger partial charge on any atom is 0.151 e. The summed E-state index contributed by atoms with van der Waals surface area (Å²) in [4.78, 5) is 3.98. The highest BCUT2D eigenvalue weighted by atomic mass is 79.9. The number of halogens is 2. The molecule has 2 aromatic heterocycles. The van der Waals surface area contributed by atoms with Gasteiger partial charge in [-0.05, 0) is 44.0 Å². The zero-order valence-electron chi connectivity index (χ0n) is 7.52. The first kappa shape index (κ1) is 10.9. The van der Waals surface area contributed by atoms with Gasteiger partial charge >= 0.3 is 0 Å². The van der Waals surface area contributed by atoms with E-state index in [0.717, 1.165) is 8.95 Å². The molecule has 0 saturated carbocycles. The lowest BCUT2D eigenvalue weighted by Crippen LogP contribution is -1.99. The molecule has 0 aliphatic heterocycles. The van der Waals surface area contributed by atoms with Crippen LogP contribution in [0.4, 0.5) is 0 Å². The highest BCUT2D eigenvalue weighted by Gasteiger charge is 2.17. The summed E-state index contributed by atoms with van der Waals surface area (Å²) in [7, 11) is 0. The minimum Gasteiger partial charge on any atom is -0.465 e. The number of pyridine rings is 1. The van der Waals surface area contributed by atoms with Gasteiger partial charge in [-0.15, -0.1) is 0 Å². The molecule has 1 atom stereocenters. The Hall–Kier alpha value is -0.650. The summed E-state index contributed by atoms with van der Waals surface area (Å²) in [5.74, 6) is 0.481. The molecule has 5 heteroatoms. The van der Waals surface area contributed by atoms with E-state index in [-0.39, 0.29) is 0 Å². The second kappa shape index (κ2) is 4.47. The van der Waals surface area contributed by atoms with Gasteiger partial charge in [0.2, 0.25) is 0 Å². The molecule has 0 bridgehead atoms. The van der Waals surface area contributed by atoms with Crippen LogP contribution in [-0.4, -0.2) is 10.1 Å². The van der Waals surface area contributed by atoms with E-state index in [2.05, 4.69) is 36.8 Å². The molecule has 0 spiro atoms. The highest BCUT2D eigenvalue weighted by Crippen LogP contribution is 2.29. The fourth-order valence-electron chi connectivity index (χ4n) is 1.23. The number of rotatable bonds is 2. The number of aliphatic hydroxyl groups excluding tert-OH is 1. The molecule has 3 nitrogen and oxygen atoms in total. The molecule has 15 heavy (non-hydrogen) atoms. The average Bonchev–Trinajstić information content (AvgIpc) is 2.63. The SMILES string of the molecule is OC(c1cncc(Br)c1)c1occc1Br. The van der Waals surface area contributed by atoms with Crippen LogP contribution in [0.2, 0.25) is 0 Å². The normalized spacial score (nSPS) is 12.7. The van der Waals surface area contributed by atoms with Gasteiger partial charge in [0.1, 0.15) is 6.10 Å². The zero-order chi connectivity index (χ0) is 10.8. The van der Waals surface area contributed by atoms with Gasteiger partial charge in [0, 0.05) is 22.4 Å². The van der Waals surface area contributed by atoms with Gasteiger partial charge in [-0.1, -0.05) is 0 Å². The van der Waals surface area contributed by atoms with Gasteiger partial charge in [0.25, 0.3) is 0 Å². The Bertz CT molecular complexity index is 470. The smallest absolute Gasteiger partial charge is 0.151 e. The van der Waals surface area contributed by atoms with Crippen molar-refractivity contribution in [2.75, 3.05) is 0 Å². The van der Waals surface area contributed by atoms with Crippen molar-refractivity contribution in [2.24, 2.45) is 0 Å². The fraction of sp³-hybridized carbons (Fsp3) is 0.100. The lowest BCUT2D eigenvalue weighted by Gasteiger charge is -2.08. The zero-order valence-corrected chi connectivity index (χ0v) is 10.7. The molecule has 0 fully saturated rings. The van der Waals surface area contributed by atoms with E-state index in [1.807, 2.05) is 0 Å². The van der Waals surface area contributed by atoms with Crippen molar-refractivity contribution >= 4 is 31.9 Å². The Kier molecular flexibility index (Phi) is 3.23. The van der Waals surface area contributed by atoms with E-state index in [1.165, 1.54) is 6.26 Å². The van der Waals surface area contributed by atoms with Crippen LogP contribution < -0.4 is 0 Å². The lowest BCUT2D eigenvalue weighted by molar-refractivity contribution is 0.188. The Morgan fingerprint density at radius 3 is 2.73 bits per heavy atom. The van der Waals surface area contributed by atoms with Crippen molar-refractivity contribution in [3.05, 3.63) is 51.1 Å². The number of nitrogens with zero attached hydrogens (tertiary/aromatic N) is 1. The highest BCUT2D eigenvalue weighted by molar-refractivity contribution is 9.10. The first-order valence-corrected chi connectivity index (χ1v) is 5.78. The first-order valence-electron chi connectivity index (χ1n) is 4.20. The van der Waals surface area contributed by atoms with E-state index < -0.39 is 6.10 Å². The van der Waals surface area contributed by atoms with E-state index in [0.29, 0.717) is 11.3 Å². The topological polar surface area (TPSA) is 46.3 Å². The van der Waals surface area contributed by atoms with Crippen molar-refractivity contribution in [1.82, 2.24) is 4.98 Å². The van der Waals surface area contributed by atoms with Crippen molar-refractivity contribution in [3.8, 4) is 0 Å². The number of aliphatic hydroxyl groups is 1. The molecule has 2 heterocycles. The minimum absolute atomic E-state index is 0.481. The summed E-state index contributed by atoms with van der Waals surface area (Å²) in [6, 6.07) is 3.54. The van der Waals surface area contributed by atoms with Crippen LogP contribution in [0.25, 0.3) is 0 Å². The monoisotopic (exact) mass is 331 g/mol. The van der Waals surface area contributed by atoms with Gasteiger partial charge in [-0.3, -0.25) is 4.98 Å². The predicted octanol–water partition coefficient (Wildman–Crippen LogP) is 3.28. The van der Waals surface area contributed by atoms with Crippen molar-refractivity contribution in [1.29, 1.82) is 0 Å². The van der Waals surface area contributed by atoms with Crippen molar-refractivity contribution in [3.63, 3.8) is 0 Å². The second-order valence-electron chi connectivity index (χ2n) is 2.97. The summed E-state index contributed by atoms with van der Waals surface area (Å²) in [5, 5.41) is 10.0. The second-order valence-corrected chi connectivity index (χ2v) is 4.74. The van der Waals surface area contributed by atoms with Crippen LogP contribution in [0.1, 0.15) is 17.4 Å². The number of hydrogen-bond donors (Lipinski definition) is 1. The Morgan fingerprint density at radius 1 is 1.33 bits per heavy atom. The molecule has 78 valence electrons. The first-order chi connectivity index (χ1) is 7.18. The molecule has 2 rings (SSSR count). The maximum atomic E-state index is 10.0. The van der Waals surface area contributed by atoms with Gasteiger partial charge in [0.05, 0.1) is 10.7 Å². The van der Waals surface area contributed by atoms with E-state index in [4.69, 9.17) is 4.42 Å². The Balaban J connectivity index is 2.36. The number of aromatic nitrogens is 1. The largest absolute Gasteiger partial charge is 0.465 e. The van der Waals surface area contributed by atoms with Crippen molar-refractivity contribution < 1.29 is 9.52 Å². The predicted molar refractivity (Wildman–Crippen MR) is 62.4 cm³/mol. The summed E-state index contributed by atoms with van der Waals surface area (Å²) in [5.41, 5.74) is 0.681. The van der Waals surface area contributed by atoms with E-state index in [1.54, 1.807) is 24.5 Å². The summed E-state index contributed by atoms with van der Waals surface area (Å²) >= 11 is 6.59. The molecular weight excluding hydrogens is 326 g/mol. The third kappa shape index (κ3) is 2.30. The third-order valence-electron chi connectivity index (χ3n) is 1.93. The lowest BCUT2D eigenvalue weighted by atomic mass is 10.1. The molecule has 0 saturated heterocycles. The minimum atomic E-state index is -0.806. The van der Waals surface area contributed by atoms with Crippen LogP contribution in [0.15, 0.2) is 44.2 Å². The van der Waals surface area contributed by atoms with E-state index in [9.17, 15) is 5.11 Å². The van der Waals surface area contributed by atoms with Crippen LogP contribution in [0.3, 0.4) is 0 Å². The molecule has 0 aliphatic carbocycles. The molecule has 0 radical (unpaired) electrons. The Morgan fingerprint density at radius 2 is 2.13 bits per heavy atom. The fourth-order valence-corrected chi connectivity index (χ4v) is 2.03. The molecule has 2 aromatic rings. The summed E-state index contributed by atoms with van der Waals surface area (Å²) in [6.45, 7) is 0. The molecule has 0 aromatic carbocycles. The standard InChI is InChI=1S/C10H7Br2NO2/c11-7-3-6(4-13-5-7)9(14)10-8(12)1-2-15-10/h1-5,9,14H. The third-order valence-corrected chi connectivity index (χ3v) is 3.02. The summed E-state index contributed by atoms with van der Waals surface area (Å²) < 4.78 is 6.75. The van der Waals surface area contributed by atoms with Gasteiger partial charge < -0.3 is 9.52 Å². The van der Waals surface area contributed by atoms with Gasteiger partial charge in [0.15, 0.2) is 5.76 Å². The van der Waals surface area contributed by atoms with Crippen LogP contribution in [0.5, 0.6) is 0 Å². The van der Waals surface area contributed by atoms with Crippen LogP contribution in [-0.2, 0) is 0 Å². The molecular formula is C10H7Br2NO2.